The number of carbonyl (C=O) groups is 2. The first-order valence-electron chi connectivity index (χ1n) is 22.1. The molecule has 0 radical (unpaired) electrons. The molecule has 18 heteroatoms. The van der Waals surface area contributed by atoms with Crippen LogP contribution in [0.15, 0.2) is 36.4 Å². The summed E-state index contributed by atoms with van der Waals surface area (Å²) in [6.45, 7) is 9.86. The van der Waals surface area contributed by atoms with Gasteiger partial charge < -0.3 is 29.9 Å². The lowest BCUT2D eigenvalue weighted by Crippen LogP contribution is -2.47. The van der Waals surface area contributed by atoms with Gasteiger partial charge in [0, 0.05) is 102 Å². The Morgan fingerprint density at radius 3 is 1.71 bits per heavy atom. The van der Waals surface area contributed by atoms with Gasteiger partial charge in [0.2, 0.25) is 11.8 Å². The predicted molar refractivity (Wildman–Crippen MR) is 250 cm³/mol. The number of nitrogens with one attached hydrogen (secondary N) is 2. The number of halogens is 8. The molecule has 2 N–H and O–H groups in total. The molecule has 2 heterocycles. The number of amides is 2. The van der Waals surface area contributed by atoms with Gasteiger partial charge in [0.25, 0.3) is 0 Å². The van der Waals surface area contributed by atoms with E-state index in [0.29, 0.717) is 48.8 Å². The zero-order valence-electron chi connectivity index (χ0n) is 36.8. The van der Waals surface area contributed by atoms with Crippen molar-refractivity contribution in [2.75, 3.05) is 103 Å². The van der Waals surface area contributed by atoms with E-state index in [-0.39, 0.29) is 49.3 Å². The minimum absolute atomic E-state index is 0. The first-order valence-corrected chi connectivity index (χ1v) is 22.9. The Kier molecular flexibility index (Phi) is 24.5. The molecule has 4 fully saturated rings. The van der Waals surface area contributed by atoms with Gasteiger partial charge in [0.15, 0.2) is 0 Å². The van der Waals surface area contributed by atoms with Crippen molar-refractivity contribution in [3.05, 3.63) is 57.8 Å². The van der Waals surface area contributed by atoms with Crippen LogP contribution in [0.5, 0.6) is 0 Å². The van der Waals surface area contributed by atoms with Crippen molar-refractivity contribution in [3.63, 3.8) is 0 Å². The van der Waals surface area contributed by atoms with E-state index >= 15 is 0 Å². The van der Waals surface area contributed by atoms with E-state index < -0.39 is 17.6 Å². The third-order valence-electron chi connectivity index (χ3n) is 12.8. The second-order valence-corrected chi connectivity index (χ2v) is 17.9. The Balaban J connectivity index is 0.000000325. The fraction of sp³-hybridized carbons (Fsp3) is 0.689. The lowest BCUT2D eigenvalue weighted by atomic mass is 9.84. The highest BCUT2D eigenvalue weighted by Crippen LogP contribution is 2.35. The maximum absolute atomic E-state index is 13.5. The van der Waals surface area contributed by atoms with Gasteiger partial charge >= 0.3 is 6.18 Å². The van der Waals surface area contributed by atoms with Crippen LogP contribution in [-0.2, 0) is 25.2 Å². The van der Waals surface area contributed by atoms with E-state index in [1.807, 2.05) is 23.1 Å². The zero-order chi connectivity index (χ0) is 43.8. The molecule has 2 amide bonds. The summed E-state index contributed by atoms with van der Waals surface area (Å²) in [5.74, 6) is 0.305. The average Bonchev–Trinajstić information content (AvgIpc) is 3.24. The maximum atomic E-state index is 13.5. The van der Waals surface area contributed by atoms with Crippen LogP contribution in [0.3, 0.4) is 0 Å². The summed E-state index contributed by atoms with van der Waals surface area (Å²) in [5, 5.41) is 7.63. The van der Waals surface area contributed by atoms with Gasteiger partial charge in [-0.25, -0.2) is 4.39 Å². The first-order chi connectivity index (χ1) is 29.3. The van der Waals surface area contributed by atoms with Gasteiger partial charge in [0.1, 0.15) is 12.4 Å². The molecule has 2 aromatic rings. The highest BCUT2D eigenvalue weighted by Gasteiger charge is 2.35. The van der Waals surface area contributed by atoms with Gasteiger partial charge in [-0.3, -0.25) is 19.4 Å². The highest BCUT2D eigenvalue weighted by molar-refractivity contribution is 6.36. The number of hydrogen-bond donors (Lipinski definition) is 2. The molecule has 63 heavy (non-hydrogen) atoms. The van der Waals surface area contributed by atoms with Gasteiger partial charge in [-0.1, -0.05) is 23.2 Å². The summed E-state index contributed by atoms with van der Waals surface area (Å²) in [6.07, 6.45) is 7.87. The number of anilines is 2. The molecule has 2 aliphatic heterocycles. The number of alkyl halides is 3. The molecule has 10 nitrogen and oxygen atoms in total. The summed E-state index contributed by atoms with van der Waals surface area (Å²) in [5.41, 5.74) is 0.298. The van der Waals surface area contributed by atoms with E-state index in [1.165, 1.54) is 39.0 Å². The van der Waals surface area contributed by atoms with Crippen molar-refractivity contribution in [3.8, 4) is 0 Å². The molecule has 0 spiro atoms. The standard InChI is InChI=1S/C23H35Cl2N3O2.C22H31F4N3O2.2ClH/c1-30-16-2-3-23(29)26-20-7-4-18(5-8-20)10-11-27-12-14-28(15-13-27)22-9-6-19(24)17-21(22)25;1-31-15-21(30)27-17-4-2-16(3-5-17)8-9-28-10-12-29(13-11-28)18-6-7-20(23)19(14-18)22(24,25)26;;/h6,9,17-18,20H,2-5,7-8,10-16H2,1H3,(H,26,29);6-7,14,16-17H,2-5,8-13,15H2,1H3,(H,27,30);2*1H. The quantitative estimate of drug-likeness (QED) is 0.127. The SMILES string of the molecule is COCC(=O)NC1CCC(CCN2CCN(c3ccc(F)c(C(F)(F)F)c3)CC2)CC1.COCCCC(=O)NC1CCC(CCN2CCN(c3ccc(Cl)cc3Cl)CC2)CC1.Cl.Cl. The van der Waals surface area contributed by atoms with Crippen molar-refractivity contribution >= 4 is 71.2 Å². The Labute approximate surface area is 394 Å². The summed E-state index contributed by atoms with van der Waals surface area (Å²) < 4.78 is 62.3. The zero-order valence-corrected chi connectivity index (χ0v) is 39.9. The van der Waals surface area contributed by atoms with E-state index in [4.69, 9.17) is 32.7 Å². The molecule has 0 bridgehead atoms. The number of rotatable bonds is 16. The lowest BCUT2D eigenvalue weighted by Gasteiger charge is -2.37. The molecule has 2 saturated heterocycles. The summed E-state index contributed by atoms with van der Waals surface area (Å²) in [4.78, 5) is 32.8. The summed E-state index contributed by atoms with van der Waals surface area (Å²) >= 11 is 12.4. The fourth-order valence-corrected chi connectivity index (χ4v) is 9.63. The third-order valence-corrected chi connectivity index (χ3v) is 13.3. The van der Waals surface area contributed by atoms with Crippen LogP contribution in [0.4, 0.5) is 28.9 Å². The third kappa shape index (κ3) is 18.5. The van der Waals surface area contributed by atoms with Gasteiger partial charge in [-0.15, -0.1) is 24.8 Å². The van der Waals surface area contributed by atoms with Crippen LogP contribution in [-0.4, -0.2) is 127 Å². The number of methoxy groups -OCH3 is 2. The summed E-state index contributed by atoms with van der Waals surface area (Å²) in [6, 6.07) is 9.59. The van der Waals surface area contributed by atoms with Crippen LogP contribution < -0.4 is 20.4 Å². The van der Waals surface area contributed by atoms with Crippen molar-refractivity contribution in [1.29, 1.82) is 0 Å². The second kappa shape index (κ2) is 28.0. The molecule has 358 valence electrons. The lowest BCUT2D eigenvalue weighted by molar-refractivity contribution is -0.140. The molecular formula is C45H68Cl4F4N6O4. The molecule has 2 aliphatic carbocycles. The topological polar surface area (TPSA) is 89.6 Å². The molecule has 2 saturated carbocycles. The Morgan fingerprint density at radius 1 is 0.698 bits per heavy atom. The van der Waals surface area contributed by atoms with Gasteiger partial charge in [-0.05, 0) is 132 Å². The molecule has 6 rings (SSSR count). The number of piperazine rings is 2. The fourth-order valence-electron chi connectivity index (χ4n) is 9.11. The minimum Gasteiger partial charge on any atom is -0.385 e. The van der Waals surface area contributed by atoms with E-state index in [1.54, 1.807) is 7.11 Å². The normalized spacial score (nSPS) is 22.2. The van der Waals surface area contributed by atoms with Gasteiger partial charge in [-0.2, -0.15) is 13.2 Å². The Hall–Kier alpha value is -2.30. The number of carbonyl (C=O) groups excluding carboxylic acids is 2. The number of ether oxygens (including phenoxy) is 2. The largest absolute Gasteiger partial charge is 0.419 e. The average molecular weight is 975 g/mol. The van der Waals surface area contributed by atoms with E-state index in [0.717, 1.165) is 126 Å². The van der Waals surface area contributed by atoms with Crippen LogP contribution in [0.1, 0.15) is 82.6 Å². The van der Waals surface area contributed by atoms with E-state index in [2.05, 4.69) is 25.3 Å². The molecule has 0 unspecified atom stereocenters. The molecule has 0 aromatic heterocycles. The molecule has 2 aromatic carbocycles. The van der Waals surface area contributed by atoms with Crippen molar-refractivity contribution in [1.82, 2.24) is 20.4 Å². The predicted octanol–water partition coefficient (Wildman–Crippen LogP) is 9.13. The molecule has 4 aliphatic rings. The summed E-state index contributed by atoms with van der Waals surface area (Å²) in [7, 11) is 3.18. The van der Waals surface area contributed by atoms with Crippen LogP contribution >= 0.6 is 48.0 Å². The minimum atomic E-state index is -4.69. The van der Waals surface area contributed by atoms with Crippen molar-refractivity contribution in [2.24, 2.45) is 11.8 Å². The van der Waals surface area contributed by atoms with Crippen LogP contribution in [0.25, 0.3) is 0 Å². The maximum Gasteiger partial charge on any atom is 0.419 e. The van der Waals surface area contributed by atoms with Gasteiger partial charge in [0.05, 0.1) is 16.3 Å². The molecular weight excluding hydrogens is 906 g/mol. The Morgan fingerprint density at radius 2 is 1.22 bits per heavy atom. The van der Waals surface area contributed by atoms with Crippen LogP contribution in [0, 0.1) is 17.7 Å². The van der Waals surface area contributed by atoms with E-state index in [9.17, 15) is 27.2 Å². The van der Waals surface area contributed by atoms with Crippen LogP contribution in [0.2, 0.25) is 10.0 Å². The number of hydrogen-bond acceptors (Lipinski definition) is 8. The molecule has 0 atom stereocenters. The number of nitrogens with zero attached hydrogens (tertiary/aromatic N) is 4. The second-order valence-electron chi connectivity index (χ2n) is 17.1. The van der Waals surface area contributed by atoms with Crippen molar-refractivity contribution < 1.29 is 36.6 Å². The first kappa shape index (κ1) is 55.0. The smallest absolute Gasteiger partial charge is 0.385 e. The monoisotopic (exact) mass is 972 g/mol. The Bertz CT molecular complexity index is 1650. The highest BCUT2D eigenvalue weighted by atomic mass is 35.5. The number of benzene rings is 2. The van der Waals surface area contributed by atoms with Crippen molar-refractivity contribution in [2.45, 2.75) is 95.3 Å².